The van der Waals surface area contributed by atoms with Crippen molar-refractivity contribution in [1.29, 1.82) is 0 Å². The molecule has 0 saturated heterocycles. The van der Waals surface area contributed by atoms with Crippen LogP contribution < -0.4 is 4.90 Å². The average molecular weight is 684 g/mol. The van der Waals surface area contributed by atoms with Gasteiger partial charge in [0.05, 0.1) is 22.6 Å². The molecular weight excluding hydrogens is 635 g/mol. The molecule has 262 valence electrons. The van der Waals surface area contributed by atoms with Crippen LogP contribution in [0.3, 0.4) is 0 Å². The Morgan fingerprint density at radius 1 is 0.500 bits per heavy atom. The fourth-order valence-corrected chi connectivity index (χ4v) is 9.53. The second-order valence-corrected chi connectivity index (χ2v) is 19.5. The van der Waals surface area contributed by atoms with Crippen molar-refractivity contribution in [3.05, 3.63) is 140 Å². The molecule has 3 heterocycles. The van der Waals surface area contributed by atoms with Gasteiger partial charge in [-0.2, -0.15) is 0 Å². The molecule has 0 saturated carbocycles. The lowest BCUT2D eigenvalue weighted by molar-refractivity contribution is 0.0990. The van der Waals surface area contributed by atoms with E-state index in [-0.39, 0.29) is 44.2 Å². The number of allylic oxidation sites excluding steroid dienone is 1. The van der Waals surface area contributed by atoms with Crippen LogP contribution >= 0.6 is 0 Å². The molecule has 0 spiro atoms. The number of nitrogens with zero attached hydrogens (tertiary/aromatic N) is 1. The monoisotopic (exact) mass is 683 g/mol. The van der Waals surface area contributed by atoms with Gasteiger partial charge in [0.15, 0.2) is 11.6 Å². The molecule has 5 aromatic carbocycles. The standard InChI is InChI=1S/C49H49NO2/c1-45(2,3)29-22-36-41-38(24-29)49(11,12)39-25-30(46(4,5)6)23-37-42(39)50(41)40-34(47(36,7)8)18-26(19-35(40)48(37,9)10)17-33-43(51)31-20-27-15-13-14-16-28(27)21-32(31)44(33)52/h13-25H,1-12H3. The van der Waals surface area contributed by atoms with E-state index in [4.69, 9.17) is 0 Å². The van der Waals surface area contributed by atoms with Gasteiger partial charge in [-0.3, -0.25) is 9.59 Å². The van der Waals surface area contributed by atoms with Crippen molar-refractivity contribution in [2.45, 2.75) is 110 Å². The molecule has 4 aliphatic rings. The first-order valence-corrected chi connectivity index (χ1v) is 18.9. The summed E-state index contributed by atoms with van der Waals surface area (Å²) in [6, 6.07) is 26.1. The lowest BCUT2D eigenvalue weighted by Crippen LogP contribution is -2.44. The summed E-state index contributed by atoms with van der Waals surface area (Å²) in [6.45, 7) is 28.2. The molecule has 0 atom stereocenters. The zero-order valence-electron chi connectivity index (χ0n) is 32.8. The van der Waals surface area contributed by atoms with Crippen LogP contribution in [0.25, 0.3) is 16.8 Å². The number of rotatable bonds is 1. The minimum absolute atomic E-state index is 0.0407. The van der Waals surface area contributed by atoms with E-state index in [9.17, 15) is 9.59 Å². The van der Waals surface area contributed by atoms with Crippen molar-refractivity contribution in [3.8, 4) is 0 Å². The van der Waals surface area contributed by atoms with E-state index in [2.05, 4.69) is 124 Å². The zero-order valence-corrected chi connectivity index (χ0v) is 32.8. The van der Waals surface area contributed by atoms with E-state index in [0.717, 1.165) is 16.3 Å². The lowest BCUT2D eigenvalue weighted by Gasteiger charge is -2.55. The zero-order chi connectivity index (χ0) is 37.2. The normalized spacial score (nSPS) is 18.5. The van der Waals surface area contributed by atoms with Gasteiger partial charge < -0.3 is 4.90 Å². The molecule has 0 radical (unpaired) electrons. The molecule has 1 aliphatic carbocycles. The fraction of sp³-hybridized carbons (Fsp3) is 0.347. The van der Waals surface area contributed by atoms with Crippen LogP contribution in [0.5, 0.6) is 0 Å². The Morgan fingerprint density at radius 2 is 0.827 bits per heavy atom. The van der Waals surface area contributed by atoms with Crippen LogP contribution in [-0.4, -0.2) is 11.6 Å². The smallest absolute Gasteiger partial charge is 0.197 e. The number of anilines is 3. The first-order valence-electron chi connectivity index (χ1n) is 18.9. The Balaban J connectivity index is 1.35. The van der Waals surface area contributed by atoms with E-state index in [1.54, 1.807) is 0 Å². The van der Waals surface area contributed by atoms with E-state index in [1.165, 1.54) is 61.6 Å². The summed E-state index contributed by atoms with van der Waals surface area (Å²) >= 11 is 0. The van der Waals surface area contributed by atoms with E-state index >= 15 is 0 Å². The molecule has 0 fully saturated rings. The molecule has 9 rings (SSSR count). The van der Waals surface area contributed by atoms with Crippen molar-refractivity contribution in [3.63, 3.8) is 0 Å². The maximum atomic E-state index is 14.0. The topological polar surface area (TPSA) is 37.4 Å². The molecule has 0 bridgehead atoms. The van der Waals surface area contributed by atoms with Crippen LogP contribution in [0, 0.1) is 0 Å². The first-order chi connectivity index (χ1) is 24.1. The SMILES string of the molecule is CC(C)(C)c1cc2c3c(c1)C(C)(C)c1cc(C(C)(C)C)cc4c1N3c1c(cc(C=C3C(=O)c5cc6ccccc6cc5C3=O)cc1C4(C)C)C2(C)C. The third-order valence-electron chi connectivity index (χ3n) is 13.0. The summed E-state index contributed by atoms with van der Waals surface area (Å²) in [5.41, 5.74) is 15.6. The number of fused-ring (bicyclic) bond motifs is 2. The number of ketones is 2. The first kappa shape index (κ1) is 33.1. The third-order valence-corrected chi connectivity index (χ3v) is 13.0. The number of hydrogen-bond donors (Lipinski definition) is 0. The number of benzene rings is 5. The Kier molecular flexibility index (Phi) is 6.24. The summed E-state index contributed by atoms with van der Waals surface area (Å²) in [6.07, 6.45) is 1.87. The fourth-order valence-electron chi connectivity index (χ4n) is 9.53. The summed E-state index contributed by atoms with van der Waals surface area (Å²) in [5.74, 6) is -0.382. The molecule has 3 aliphatic heterocycles. The minimum atomic E-state index is -0.350. The van der Waals surface area contributed by atoms with Crippen molar-refractivity contribution in [2.24, 2.45) is 0 Å². The van der Waals surface area contributed by atoms with Crippen LogP contribution in [0.2, 0.25) is 0 Å². The number of carbonyl (C=O) groups excluding carboxylic acids is 2. The molecule has 0 aromatic heterocycles. The summed E-state index contributed by atoms with van der Waals surface area (Å²) in [5, 5.41) is 1.94. The van der Waals surface area contributed by atoms with Crippen LogP contribution in [0.1, 0.15) is 154 Å². The van der Waals surface area contributed by atoms with Crippen molar-refractivity contribution in [2.75, 3.05) is 4.90 Å². The highest BCUT2D eigenvalue weighted by Crippen LogP contribution is 2.67. The maximum Gasteiger partial charge on any atom is 0.197 e. The van der Waals surface area contributed by atoms with E-state index in [0.29, 0.717) is 11.1 Å². The Morgan fingerprint density at radius 3 is 1.15 bits per heavy atom. The third kappa shape index (κ3) is 4.14. The highest BCUT2D eigenvalue weighted by atomic mass is 16.2. The molecule has 52 heavy (non-hydrogen) atoms. The number of carbonyl (C=O) groups is 2. The number of Topliss-reactive ketones (excluding diaryl/α,β-unsaturated/α-hetero) is 2. The summed E-state index contributed by atoms with van der Waals surface area (Å²) < 4.78 is 0. The second kappa shape index (κ2) is 9.81. The van der Waals surface area contributed by atoms with Crippen LogP contribution in [-0.2, 0) is 27.1 Å². The number of hydrogen-bond acceptors (Lipinski definition) is 3. The highest BCUT2D eigenvalue weighted by molar-refractivity contribution is 6.42. The van der Waals surface area contributed by atoms with Crippen molar-refractivity contribution in [1.82, 2.24) is 0 Å². The highest BCUT2D eigenvalue weighted by Gasteiger charge is 2.52. The van der Waals surface area contributed by atoms with Gasteiger partial charge in [-0.1, -0.05) is 132 Å². The van der Waals surface area contributed by atoms with Gasteiger partial charge in [-0.05, 0) is 102 Å². The Bertz CT molecular complexity index is 2370. The van der Waals surface area contributed by atoms with Gasteiger partial charge >= 0.3 is 0 Å². The van der Waals surface area contributed by atoms with Crippen molar-refractivity contribution >= 4 is 45.5 Å². The molecule has 3 nitrogen and oxygen atoms in total. The lowest BCUT2D eigenvalue weighted by atomic mass is 9.59. The van der Waals surface area contributed by atoms with Crippen LogP contribution in [0.15, 0.2) is 78.4 Å². The molecular formula is C49H49NO2. The van der Waals surface area contributed by atoms with Gasteiger partial charge in [0, 0.05) is 27.4 Å². The van der Waals surface area contributed by atoms with Gasteiger partial charge in [-0.15, -0.1) is 0 Å². The molecule has 3 heteroatoms. The minimum Gasteiger partial charge on any atom is -0.309 e. The van der Waals surface area contributed by atoms with Crippen LogP contribution in [0.4, 0.5) is 17.1 Å². The van der Waals surface area contributed by atoms with Gasteiger partial charge in [0.2, 0.25) is 0 Å². The van der Waals surface area contributed by atoms with E-state index < -0.39 is 0 Å². The summed E-state index contributed by atoms with van der Waals surface area (Å²) in [4.78, 5) is 30.6. The molecule has 5 aromatic rings. The second-order valence-electron chi connectivity index (χ2n) is 19.5. The van der Waals surface area contributed by atoms with Gasteiger partial charge in [-0.25, -0.2) is 0 Å². The molecule has 0 N–H and O–H groups in total. The quantitative estimate of drug-likeness (QED) is 0.130. The van der Waals surface area contributed by atoms with Crippen molar-refractivity contribution < 1.29 is 9.59 Å². The summed E-state index contributed by atoms with van der Waals surface area (Å²) in [7, 11) is 0. The van der Waals surface area contributed by atoms with E-state index in [1.807, 2.05) is 42.5 Å². The predicted octanol–water partition coefficient (Wildman–Crippen LogP) is 12.3. The average Bonchev–Trinajstić information content (AvgIpc) is 3.28. The largest absolute Gasteiger partial charge is 0.309 e. The maximum absolute atomic E-state index is 14.0. The predicted molar refractivity (Wildman–Crippen MR) is 215 cm³/mol. The molecule has 0 amide bonds. The molecule has 0 unspecified atom stereocenters. The Hall–Kier alpha value is -4.76. The Labute approximate surface area is 308 Å². The van der Waals surface area contributed by atoms with Gasteiger partial charge in [0.25, 0.3) is 0 Å². The van der Waals surface area contributed by atoms with Gasteiger partial charge in [0.1, 0.15) is 0 Å².